The second-order valence-electron chi connectivity index (χ2n) is 7.16. The van der Waals surface area contributed by atoms with E-state index in [1.54, 1.807) is 0 Å². The van der Waals surface area contributed by atoms with Gasteiger partial charge in [0.25, 0.3) is 0 Å². The molecule has 1 saturated carbocycles. The van der Waals surface area contributed by atoms with E-state index in [4.69, 9.17) is 13.9 Å². The highest BCUT2D eigenvalue weighted by Crippen LogP contribution is 2.41. The molecular formula is C16H28O3Si. The van der Waals surface area contributed by atoms with Crippen LogP contribution < -0.4 is 0 Å². The molecule has 0 spiro atoms. The van der Waals surface area contributed by atoms with Gasteiger partial charge < -0.3 is 13.9 Å². The van der Waals surface area contributed by atoms with Crippen LogP contribution in [0.1, 0.15) is 40.5 Å². The van der Waals surface area contributed by atoms with Gasteiger partial charge in [0.2, 0.25) is 8.32 Å². The van der Waals surface area contributed by atoms with Gasteiger partial charge in [0.15, 0.2) is 5.79 Å². The smallest absolute Gasteiger partial charge is 0.211 e. The SMILES string of the molecule is C=C1C[C@H]2OC(C)(C)O[C@@H]2C/C1=C/[Si](C)(C)OC(C)C. The van der Waals surface area contributed by atoms with Crippen LogP contribution in [0.5, 0.6) is 0 Å². The molecule has 0 aromatic carbocycles. The van der Waals surface area contributed by atoms with Gasteiger partial charge in [0, 0.05) is 18.9 Å². The molecule has 1 saturated heterocycles. The maximum absolute atomic E-state index is 6.09. The summed E-state index contributed by atoms with van der Waals surface area (Å²) in [5, 5.41) is 0. The third-order valence-corrected chi connectivity index (χ3v) is 5.79. The lowest BCUT2D eigenvalue weighted by Crippen LogP contribution is -2.34. The quantitative estimate of drug-likeness (QED) is 0.738. The molecule has 0 aromatic heterocycles. The molecule has 2 fully saturated rings. The summed E-state index contributed by atoms with van der Waals surface area (Å²) in [5.41, 5.74) is 4.82. The van der Waals surface area contributed by atoms with Gasteiger partial charge in [-0.3, -0.25) is 0 Å². The normalized spacial score (nSPS) is 31.9. The van der Waals surface area contributed by atoms with Crippen LogP contribution in [0.2, 0.25) is 13.1 Å². The van der Waals surface area contributed by atoms with Gasteiger partial charge in [0.05, 0.1) is 12.2 Å². The van der Waals surface area contributed by atoms with Gasteiger partial charge in [0.1, 0.15) is 0 Å². The monoisotopic (exact) mass is 296 g/mol. The Balaban J connectivity index is 2.12. The molecule has 0 radical (unpaired) electrons. The molecule has 114 valence electrons. The maximum Gasteiger partial charge on any atom is 0.211 e. The van der Waals surface area contributed by atoms with Gasteiger partial charge in [-0.05, 0) is 51.9 Å². The Labute approximate surface area is 124 Å². The summed E-state index contributed by atoms with van der Waals surface area (Å²) in [6, 6.07) is 0. The van der Waals surface area contributed by atoms with Crippen LogP contribution >= 0.6 is 0 Å². The molecule has 0 N–H and O–H groups in total. The number of fused-ring (bicyclic) bond motifs is 1. The fourth-order valence-corrected chi connectivity index (χ4v) is 5.66. The van der Waals surface area contributed by atoms with Crippen molar-refractivity contribution in [2.45, 2.75) is 77.7 Å². The van der Waals surface area contributed by atoms with Crippen molar-refractivity contribution >= 4 is 8.32 Å². The predicted molar refractivity (Wildman–Crippen MR) is 84.0 cm³/mol. The van der Waals surface area contributed by atoms with Crippen molar-refractivity contribution in [2.24, 2.45) is 0 Å². The van der Waals surface area contributed by atoms with Crippen molar-refractivity contribution in [2.75, 3.05) is 0 Å². The van der Waals surface area contributed by atoms with Gasteiger partial charge >= 0.3 is 0 Å². The van der Waals surface area contributed by atoms with Crippen molar-refractivity contribution in [3.63, 3.8) is 0 Å². The molecule has 0 aromatic rings. The highest BCUT2D eigenvalue weighted by molar-refractivity contribution is 6.76. The zero-order valence-corrected chi connectivity index (χ0v) is 14.7. The van der Waals surface area contributed by atoms with E-state index < -0.39 is 14.1 Å². The predicted octanol–water partition coefficient (Wildman–Crippen LogP) is 3.95. The Morgan fingerprint density at radius 2 is 1.80 bits per heavy atom. The lowest BCUT2D eigenvalue weighted by atomic mass is 9.87. The Hall–Kier alpha value is -0.423. The van der Waals surface area contributed by atoms with E-state index in [9.17, 15) is 0 Å². The number of ether oxygens (including phenoxy) is 2. The molecule has 0 amide bonds. The minimum atomic E-state index is -1.79. The summed E-state index contributed by atoms with van der Waals surface area (Å²) in [5.74, 6) is -0.466. The van der Waals surface area contributed by atoms with Crippen molar-refractivity contribution in [1.82, 2.24) is 0 Å². The topological polar surface area (TPSA) is 27.7 Å². The summed E-state index contributed by atoms with van der Waals surface area (Å²) in [7, 11) is -1.79. The molecule has 2 rings (SSSR count). The third-order valence-electron chi connectivity index (χ3n) is 3.67. The minimum Gasteiger partial charge on any atom is -0.411 e. The Bertz CT molecular complexity index is 423. The standard InChI is InChI=1S/C16H28O3Si/c1-11(2)19-20(6,7)10-13-9-15-14(8-12(13)3)17-16(4,5)18-15/h10-11,14-15H,3,8-9H2,1-2,4-7H3/b13-10-/t14-,15-/m1/s1. The zero-order chi connectivity index (χ0) is 15.1. The molecule has 2 atom stereocenters. The lowest BCUT2D eigenvalue weighted by molar-refractivity contribution is -0.145. The highest BCUT2D eigenvalue weighted by Gasteiger charge is 2.44. The maximum atomic E-state index is 6.09. The van der Waals surface area contributed by atoms with Crippen LogP contribution in [0.15, 0.2) is 23.4 Å². The largest absolute Gasteiger partial charge is 0.411 e. The average molecular weight is 296 g/mol. The first-order valence-electron chi connectivity index (χ1n) is 7.51. The fourth-order valence-electron chi connectivity index (χ4n) is 3.21. The first-order valence-corrected chi connectivity index (χ1v) is 10.5. The van der Waals surface area contributed by atoms with Crippen molar-refractivity contribution in [3.8, 4) is 0 Å². The summed E-state index contributed by atoms with van der Waals surface area (Å²) in [4.78, 5) is 0. The molecule has 2 aliphatic rings. The third kappa shape index (κ3) is 3.82. The van der Waals surface area contributed by atoms with Gasteiger partial charge in [-0.2, -0.15) is 0 Å². The highest BCUT2D eigenvalue weighted by atomic mass is 28.4. The van der Waals surface area contributed by atoms with E-state index in [0.717, 1.165) is 12.8 Å². The molecule has 0 bridgehead atoms. The summed E-state index contributed by atoms with van der Waals surface area (Å²) in [6.45, 7) is 16.8. The first kappa shape index (κ1) is 16.0. The summed E-state index contributed by atoms with van der Waals surface area (Å²) >= 11 is 0. The molecule has 0 unspecified atom stereocenters. The fraction of sp³-hybridized carbons (Fsp3) is 0.750. The van der Waals surface area contributed by atoms with Crippen LogP contribution in [-0.4, -0.2) is 32.4 Å². The lowest BCUT2D eigenvalue weighted by Gasteiger charge is -2.30. The molecule has 3 nitrogen and oxygen atoms in total. The molecule has 20 heavy (non-hydrogen) atoms. The van der Waals surface area contributed by atoms with Crippen LogP contribution in [0.25, 0.3) is 0 Å². The second-order valence-corrected chi connectivity index (χ2v) is 10.9. The molecule has 1 aliphatic carbocycles. The van der Waals surface area contributed by atoms with Crippen molar-refractivity contribution in [3.05, 3.63) is 23.4 Å². The molecular weight excluding hydrogens is 268 g/mol. The minimum absolute atomic E-state index is 0.158. The van der Waals surface area contributed by atoms with Crippen LogP contribution in [-0.2, 0) is 13.9 Å². The van der Waals surface area contributed by atoms with Gasteiger partial charge in [-0.25, -0.2) is 0 Å². The van der Waals surface area contributed by atoms with E-state index in [2.05, 4.69) is 39.2 Å². The van der Waals surface area contributed by atoms with E-state index in [1.165, 1.54) is 11.1 Å². The summed E-state index contributed by atoms with van der Waals surface area (Å²) < 4.78 is 18.0. The zero-order valence-electron chi connectivity index (χ0n) is 13.7. The van der Waals surface area contributed by atoms with Crippen LogP contribution in [0.3, 0.4) is 0 Å². The van der Waals surface area contributed by atoms with Crippen LogP contribution in [0.4, 0.5) is 0 Å². The van der Waals surface area contributed by atoms with Gasteiger partial charge in [-0.1, -0.05) is 12.3 Å². The molecule has 1 heterocycles. The number of hydrogen-bond acceptors (Lipinski definition) is 3. The molecule has 4 heteroatoms. The first-order chi connectivity index (χ1) is 9.08. The Kier molecular flexibility index (Phi) is 4.31. The van der Waals surface area contributed by atoms with E-state index in [0.29, 0.717) is 0 Å². The van der Waals surface area contributed by atoms with E-state index >= 15 is 0 Å². The Morgan fingerprint density at radius 3 is 2.35 bits per heavy atom. The van der Waals surface area contributed by atoms with Crippen molar-refractivity contribution < 1.29 is 13.9 Å². The van der Waals surface area contributed by atoms with Crippen molar-refractivity contribution in [1.29, 1.82) is 0 Å². The molecule has 1 aliphatic heterocycles. The van der Waals surface area contributed by atoms with Crippen LogP contribution in [0, 0.1) is 0 Å². The Morgan fingerprint density at radius 1 is 1.25 bits per heavy atom. The van der Waals surface area contributed by atoms with Gasteiger partial charge in [-0.15, -0.1) is 0 Å². The second kappa shape index (κ2) is 5.41. The average Bonchev–Trinajstić information content (AvgIpc) is 2.49. The van der Waals surface area contributed by atoms with E-state index in [-0.39, 0.29) is 18.3 Å². The summed E-state index contributed by atoms with van der Waals surface area (Å²) in [6.07, 6.45) is 2.34. The number of hydrogen-bond donors (Lipinski definition) is 0. The number of rotatable bonds is 3. The van der Waals surface area contributed by atoms with E-state index in [1.807, 2.05) is 13.8 Å².